The maximum Gasteiger partial charge on any atom is 0.195 e. The summed E-state index contributed by atoms with van der Waals surface area (Å²) in [4.78, 5) is 12.3. The maximum atomic E-state index is 12.3. The van der Waals surface area contributed by atoms with Gasteiger partial charge in [0.2, 0.25) is 0 Å². The van der Waals surface area contributed by atoms with Crippen LogP contribution in [0.4, 0.5) is 0 Å². The first kappa shape index (κ1) is 10.4. The summed E-state index contributed by atoms with van der Waals surface area (Å²) < 4.78 is 2.05. The minimum Gasteiger partial charge on any atom is -0.326 e. The Bertz CT molecular complexity index is 761. The number of nitrogens with two attached hydrogens (primary N) is 1. The van der Waals surface area contributed by atoms with E-state index in [4.69, 9.17) is 5.73 Å². The summed E-state index contributed by atoms with van der Waals surface area (Å²) >= 11 is 1.64. The molecule has 0 fully saturated rings. The van der Waals surface area contributed by atoms with Crippen molar-refractivity contribution >= 4 is 31.5 Å². The van der Waals surface area contributed by atoms with Gasteiger partial charge in [0.25, 0.3) is 0 Å². The number of hydrogen-bond donors (Lipinski definition) is 1. The van der Waals surface area contributed by atoms with Crippen molar-refractivity contribution in [2.24, 2.45) is 5.73 Å². The molecule has 0 atom stereocenters. The van der Waals surface area contributed by atoms with E-state index in [1.165, 1.54) is 0 Å². The molecule has 3 aromatic rings. The molecule has 0 saturated carbocycles. The molecule has 0 unspecified atom stereocenters. The van der Waals surface area contributed by atoms with E-state index in [1.807, 2.05) is 42.5 Å². The predicted octanol–water partition coefficient (Wildman–Crippen LogP) is 2.87. The van der Waals surface area contributed by atoms with Gasteiger partial charge in [-0.2, -0.15) is 0 Å². The fourth-order valence-electron chi connectivity index (χ4n) is 1.98. The molecule has 0 radical (unpaired) electrons. The summed E-state index contributed by atoms with van der Waals surface area (Å²) in [5.74, 6) is 0. The van der Waals surface area contributed by atoms with Crippen LogP contribution in [0, 0.1) is 0 Å². The van der Waals surface area contributed by atoms with Gasteiger partial charge in [-0.3, -0.25) is 4.79 Å². The van der Waals surface area contributed by atoms with Crippen molar-refractivity contribution in [2.75, 3.05) is 0 Å². The van der Waals surface area contributed by atoms with Crippen molar-refractivity contribution < 1.29 is 0 Å². The highest BCUT2D eigenvalue weighted by Crippen LogP contribution is 2.24. The van der Waals surface area contributed by atoms with Gasteiger partial charge in [0.15, 0.2) is 5.43 Å². The zero-order valence-corrected chi connectivity index (χ0v) is 9.96. The van der Waals surface area contributed by atoms with Gasteiger partial charge in [0, 0.05) is 26.7 Å². The Morgan fingerprint density at radius 1 is 1.00 bits per heavy atom. The van der Waals surface area contributed by atoms with Crippen molar-refractivity contribution in [3.05, 3.63) is 58.3 Å². The van der Waals surface area contributed by atoms with Crippen LogP contribution in [0.1, 0.15) is 5.56 Å². The van der Waals surface area contributed by atoms with E-state index in [0.29, 0.717) is 6.54 Å². The second-order valence-electron chi connectivity index (χ2n) is 3.96. The first-order chi connectivity index (χ1) is 8.29. The lowest BCUT2D eigenvalue weighted by atomic mass is 10.1. The van der Waals surface area contributed by atoms with Crippen molar-refractivity contribution in [2.45, 2.75) is 6.54 Å². The monoisotopic (exact) mass is 241 g/mol. The number of fused-ring (bicyclic) bond motifs is 2. The highest BCUT2D eigenvalue weighted by Gasteiger charge is 2.05. The lowest BCUT2D eigenvalue weighted by Crippen LogP contribution is -2.03. The lowest BCUT2D eigenvalue weighted by molar-refractivity contribution is 1.08. The molecule has 2 aromatic carbocycles. The lowest BCUT2D eigenvalue weighted by Gasteiger charge is -2.02. The number of rotatable bonds is 1. The Balaban J connectivity index is 2.51. The van der Waals surface area contributed by atoms with Crippen LogP contribution in [-0.4, -0.2) is 0 Å². The largest absolute Gasteiger partial charge is 0.326 e. The normalized spacial score (nSPS) is 11.1. The van der Waals surface area contributed by atoms with Crippen molar-refractivity contribution in [3.63, 3.8) is 0 Å². The Morgan fingerprint density at radius 3 is 2.59 bits per heavy atom. The van der Waals surface area contributed by atoms with Crippen LogP contribution in [0.5, 0.6) is 0 Å². The number of hydrogen-bond acceptors (Lipinski definition) is 3. The van der Waals surface area contributed by atoms with Crippen molar-refractivity contribution in [1.29, 1.82) is 0 Å². The minimum atomic E-state index is 0.102. The van der Waals surface area contributed by atoms with Crippen LogP contribution in [0.3, 0.4) is 0 Å². The van der Waals surface area contributed by atoms with Gasteiger partial charge < -0.3 is 5.73 Å². The van der Waals surface area contributed by atoms with Crippen LogP contribution in [0.15, 0.2) is 47.3 Å². The molecular formula is C14H11NOS. The molecule has 0 saturated heterocycles. The molecule has 84 valence electrons. The van der Waals surface area contributed by atoms with E-state index < -0.39 is 0 Å². The molecule has 2 N–H and O–H groups in total. The van der Waals surface area contributed by atoms with E-state index in [-0.39, 0.29) is 5.43 Å². The van der Waals surface area contributed by atoms with Crippen LogP contribution in [0.2, 0.25) is 0 Å². The van der Waals surface area contributed by atoms with Gasteiger partial charge in [-0.1, -0.05) is 18.2 Å². The minimum absolute atomic E-state index is 0.102. The SMILES string of the molecule is NCc1ccc2sc3ccccc3c(=O)c2c1. The average molecular weight is 241 g/mol. The second kappa shape index (κ2) is 3.95. The highest BCUT2D eigenvalue weighted by molar-refractivity contribution is 7.24. The molecule has 0 amide bonds. The predicted molar refractivity (Wildman–Crippen MR) is 73.5 cm³/mol. The maximum absolute atomic E-state index is 12.3. The van der Waals surface area contributed by atoms with E-state index in [9.17, 15) is 4.79 Å². The Morgan fingerprint density at radius 2 is 1.76 bits per heavy atom. The molecule has 3 rings (SSSR count). The van der Waals surface area contributed by atoms with E-state index in [2.05, 4.69) is 0 Å². The summed E-state index contributed by atoms with van der Waals surface area (Å²) in [5.41, 5.74) is 6.70. The Hall–Kier alpha value is -1.71. The summed E-state index contributed by atoms with van der Waals surface area (Å²) in [5, 5.41) is 1.57. The molecule has 17 heavy (non-hydrogen) atoms. The Kier molecular flexibility index (Phi) is 2.42. The van der Waals surface area contributed by atoms with Crippen molar-refractivity contribution in [1.82, 2.24) is 0 Å². The fourth-order valence-corrected chi connectivity index (χ4v) is 3.03. The average Bonchev–Trinajstić information content (AvgIpc) is 2.39. The van der Waals surface area contributed by atoms with Crippen LogP contribution in [0.25, 0.3) is 20.2 Å². The van der Waals surface area contributed by atoms with Crippen molar-refractivity contribution in [3.8, 4) is 0 Å². The molecule has 3 heteroatoms. The molecule has 0 aliphatic heterocycles. The summed E-state index contributed by atoms with van der Waals surface area (Å²) in [6.07, 6.45) is 0. The highest BCUT2D eigenvalue weighted by atomic mass is 32.1. The topological polar surface area (TPSA) is 43.1 Å². The van der Waals surface area contributed by atoms with Gasteiger partial charge in [0.05, 0.1) is 0 Å². The summed E-state index contributed by atoms with van der Waals surface area (Å²) in [6, 6.07) is 13.6. The Labute approximate surface area is 102 Å². The summed E-state index contributed by atoms with van der Waals surface area (Å²) in [6.45, 7) is 0.465. The standard InChI is InChI=1S/C14H11NOS/c15-8-9-5-6-13-11(7-9)14(16)10-3-1-2-4-12(10)17-13/h1-7H,8,15H2. The molecule has 1 heterocycles. The van der Waals surface area contributed by atoms with E-state index in [0.717, 1.165) is 25.7 Å². The zero-order valence-electron chi connectivity index (χ0n) is 9.14. The first-order valence-corrected chi connectivity index (χ1v) is 6.26. The fraction of sp³-hybridized carbons (Fsp3) is 0.0714. The third-order valence-electron chi connectivity index (χ3n) is 2.88. The summed E-state index contributed by atoms with van der Waals surface area (Å²) in [7, 11) is 0. The third kappa shape index (κ3) is 1.64. The van der Waals surface area contributed by atoms with Gasteiger partial charge in [-0.25, -0.2) is 0 Å². The molecule has 0 aliphatic carbocycles. The second-order valence-corrected chi connectivity index (χ2v) is 5.05. The van der Waals surface area contributed by atoms with Crippen LogP contribution in [-0.2, 0) is 6.54 Å². The molecule has 0 bridgehead atoms. The van der Waals surface area contributed by atoms with Gasteiger partial charge in [-0.15, -0.1) is 11.3 Å². The van der Waals surface area contributed by atoms with Gasteiger partial charge in [0.1, 0.15) is 0 Å². The van der Waals surface area contributed by atoms with Crippen LogP contribution < -0.4 is 11.2 Å². The molecule has 2 nitrogen and oxygen atoms in total. The van der Waals surface area contributed by atoms with E-state index in [1.54, 1.807) is 11.3 Å². The van der Waals surface area contributed by atoms with Crippen LogP contribution >= 0.6 is 11.3 Å². The zero-order chi connectivity index (χ0) is 11.8. The molecule has 0 spiro atoms. The first-order valence-electron chi connectivity index (χ1n) is 5.44. The van der Waals surface area contributed by atoms with E-state index >= 15 is 0 Å². The number of benzene rings is 2. The van der Waals surface area contributed by atoms with Gasteiger partial charge in [-0.05, 0) is 29.8 Å². The smallest absolute Gasteiger partial charge is 0.195 e. The molecule has 1 aromatic heterocycles. The quantitative estimate of drug-likeness (QED) is 0.666. The van der Waals surface area contributed by atoms with Gasteiger partial charge >= 0.3 is 0 Å². The molecule has 0 aliphatic rings. The molecular weight excluding hydrogens is 230 g/mol. The third-order valence-corrected chi connectivity index (χ3v) is 4.03.